The van der Waals surface area contributed by atoms with Gasteiger partial charge in [-0.2, -0.15) is 0 Å². The van der Waals surface area contributed by atoms with Crippen LogP contribution in [0.25, 0.3) is 0 Å². The van der Waals surface area contributed by atoms with Crippen LogP contribution in [0.1, 0.15) is 43.7 Å². The molecular formula is C14H20IN. The van der Waals surface area contributed by atoms with Crippen molar-refractivity contribution < 1.29 is 0 Å². The highest BCUT2D eigenvalue weighted by atomic mass is 127. The number of allylic oxidation sites excluding steroid dienone is 1. The topological polar surface area (TPSA) is 26.0 Å². The molecular weight excluding hydrogens is 309 g/mol. The monoisotopic (exact) mass is 329 g/mol. The van der Waals surface area contributed by atoms with Crippen LogP contribution in [0.2, 0.25) is 0 Å². The van der Waals surface area contributed by atoms with Crippen LogP contribution < -0.4 is 5.73 Å². The van der Waals surface area contributed by atoms with Crippen LogP contribution in [0.4, 0.5) is 0 Å². The van der Waals surface area contributed by atoms with Crippen molar-refractivity contribution in [3.05, 3.63) is 46.1 Å². The van der Waals surface area contributed by atoms with Crippen LogP contribution in [0.15, 0.2) is 36.9 Å². The lowest BCUT2D eigenvalue weighted by molar-refractivity contribution is 0.572. The second kappa shape index (κ2) is 7.85. The molecule has 1 aromatic rings. The van der Waals surface area contributed by atoms with Crippen LogP contribution in [-0.2, 0) is 0 Å². The zero-order valence-corrected chi connectivity index (χ0v) is 11.8. The summed E-state index contributed by atoms with van der Waals surface area (Å²) in [5.74, 6) is 0. The van der Waals surface area contributed by atoms with Gasteiger partial charge in [-0.25, -0.2) is 0 Å². The SMILES string of the molecule is C=CCCCCCC(N)c1cccc(I)c1. The highest BCUT2D eigenvalue weighted by molar-refractivity contribution is 14.1. The molecule has 0 aliphatic rings. The van der Waals surface area contributed by atoms with Gasteiger partial charge in [0.2, 0.25) is 0 Å². The van der Waals surface area contributed by atoms with Crippen molar-refractivity contribution in [1.29, 1.82) is 0 Å². The van der Waals surface area contributed by atoms with Crippen molar-refractivity contribution in [2.75, 3.05) is 0 Å². The molecule has 88 valence electrons. The van der Waals surface area contributed by atoms with Crippen LogP contribution >= 0.6 is 22.6 Å². The van der Waals surface area contributed by atoms with E-state index in [1.165, 1.54) is 28.4 Å². The molecule has 2 N–H and O–H groups in total. The molecule has 1 unspecified atom stereocenters. The van der Waals surface area contributed by atoms with Gasteiger partial charge in [-0.1, -0.05) is 31.1 Å². The van der Waals surface area contributed by atoms with E-state index < -0.39 is 0 Å². The molecule has 1 aromatic carbocycles. The number of unbranched alkanes of at least 4 members (excludes halogenated alkanes) is 3. The van der Waals surface area contributed by atoms with E-state index in [4.69, 9.17) is 5.73 Å². The Balaban J connectivity index is 2.29. The summed E-state index contributed by atoms with van der Waals surface area (Å²) in [4.78, 5) is 0. The Labute approximate surface area is 112 Å². The van der Waals surface area contributed by atoms with Crippen LogP contribution in [0.5, 0.6) is 0 Å². The Kier molecular flexibility index (Phi) is 6.73. The summed E-state index contributed by atoms with van der Waals surface area (Å²) in [5, 5.41) is 0. The van der Waals surface area contributed by atoms with Crippen molar-refractivity contribution >= 4 is 22.6 Å². The minimum Gasteiger partial charge on any atom is -0.324 e. The van der Waals surface area contributed by atoms with Crippen molar-refractivity contribution in [2.24, 2.45) is 5.73 Å². The second-order valence-corrected chi connectivity index (χ2v) is 5.33. The number of hydrogen-bond acceptors (Lipinski definition) is 1. The molecule has 0 amide bonds. The minimum absolute atomic E-state index is 0.193. The summed E-state index contributed by atoms with van der Waals surface area (Å²) >= 11 is 2.33. The van der Waals surface area contributed by atoms with Gasteiger partial charge in [0, 0.05) is 9.61 Å². The molecule has 16 heavy (non-hydrogen) atoms. The maximum atomic E-state index is 6.16. The van der Waals surface area contributed by atoms with E-state index in [1.807, 2.05) is 6.08 Å². The first-order valence-electron chi connectivity index (χ1n) is 5.86. The third kappa shape index (κ3) is 5.12. The lowest BCUT2D eigenvalue weighted by atomic mass is 10.0. The molecule has 0 aliphatic heterocycles. The fourth-order valence-electron chi connectivity index (χ4n) is 1.73. The predicted molar refractivity (Wildman–Crippen MR) is 79.4 cm³/mol. The maximum absolute atomic E-state index is 6.16. The Hall–Kier alpha value is -0.350. The largest absolute Gasteiger partial charge is 0.324 e. The molecule has 0 aliphatic carbocycles. The Bertz CT molecular complexity index is 322. The van der Waals surface area contributed by atoms with Gasteiger partial charge in [-0.15, -0.1) is 6.58 Å². The molecule has 0 saturated carbocycles. The van der Waals surface area contributed by atoms with Crippen molar-refractivity contribution in [3.63, 3.8) is 0 Å². The summed E-state index contributed by atoms with van der Waals surface area (Å²) in [6.45, 7) is 3.73. The summed E-state index contributed by atoms with van der Waals surface area (Å²) < 4.78 is 1.26. The quantitative estimate of drug-likeness (QED) is 0.447. The Morgan fingerprint density at radius 1 is 1.31 bits per heavy atom. The minimum atomic E-state index is 0.193. The van der Waals surface area contributed by atoms with Crippen molar-refractivity contribution in [1.82, 2.24) is 0 Å². The lowest BCUT2D eigenvalue weighted by Gasteiger charge is -2.12. The molecule has 0 bridgehead atoms. The van der Waals surface area contributed by atoms with Crippen LogP contribution in [0.3, 0.4) is 0 Å². The lowest BCUT2D eigenvalue weighted by Crippen LogP contribution is -2.10. The molecule has 0 heterocycles. The van der Waals surface area contributed by atoms with Gasteiger partial charge in [0.25, 0.3) is 0 Å². The Morgan fingerprint density at radius 3 is 2.81 bits per heavy atom. The number of nitrogens with two attached hydrogens (primary N) is 1. The first-order valence-corrected chi connectivity index (χ1v) is 6.94. The van der Waals surface area contributed by atoms with Gasteiger partial charge in [-0.05, 0) is 59.5 Å². The van der Waals surface area contributed by atoms with Gasteiger partial charge in [0.1, 0.15) is 0 Å². The first-order chi connectivity index (χ1) is 7.74. The molecule has 0 saturated heterocycles. The van der Waals surface area contributed by atoms with Crippen LogP contribution in [-0.4, -0.2) is 0 Å². The standard InChI is InChI=1S/C14H20IN/c1-2-3-4-5-6-10-14(16)12-8-7-9-13(15)11-12/h2,7-9,11,14H,1,3-6,10,16H2. The number of benzene rings is 1. The zero-order chi connectivity index (χ0) is 11.8. The third-order valence-electron chi connectivity index (χ3n) is 2.70. The molecule has 1 nitrogen and oxygen atoms in total. The van der Waals surface area contributed by atoms with E-state index in [1.54, 1.807) is 0 Å². The predicted octanol–water partition coefficient (Wildman–Crippen LogP) is 4.43. The first kappa shape index (κ1) is 13.7. The normalized spacial score (nSPS) is 12.4. The fraction of sp³-hybridized carbons (Fsp3) is 0.429. The maximum Gasteiger partial charge on any atom is 0.0295 e. The van der Waals surface area contributed by atoms with E-state index >= 15 is 0 Å². The van der Waals surface area contributed by atoms with Gasteiger partial charge in [0.15, 0.2) is 0 Å². The molecule has 1 atom stereocenters. The molecule has 0 spiro atoms. The van der Waals surface area contributed by atoms with Gasteiger partial charge < -0.3 is 5.73 Å². The molecule has 0 radical (unpaired) electrons. The second-order valence-electron chi connectivity index (χ2n) is 4.09. The Morgan fingerprint density at radius 2 is 2.12 bits per heavy atom. The van der Waals surface area contributed by atoms with Crippen LogP contribution in [0, 0.1) is 3.57 Å². The van der Waals surface area contributed by atoms with Gasteiger partial charge >= 0.3 is 0 Å². The third-order valence-corrected chi connectivity index (χ3v) is 3.37. The number of hydrogen-bond donors (Lipinski definition) is 1. The molecule has 0 aromatic heterocycles. The van der Waals surface area contributed by atoms with Gasteiger partial charge in [0.05, 0.1) is 0 Å². The van der Waals surface area contributed by atoms with E-state index in [0.29, 0.717) is 0 Å². The zero-order valence-electron chi connectivity index (χ0n) is 9.66. The fourth-order valence-corrected chi connectivity index (χ4v) is 2.30. The van der Waals surface area contributed by atoms with Gasteiger partial charge in [-0.3, -0.25) is 0 Å². The highest BCUT2D eigenvalue weighted by Gasteiger charge is 2.05. The average Bonchev–Trinajstić information content (AvgIpc) is 2.28. The highest BCUT2D eigenvalue weighted by Crippen LogP contribution is 2.19. The summed E-state index contributed by atoms with van der Waals surface area (Å²) in [7, 11) is 0. The summed E-state index contributed by atoms with van der Waals surface area (Å²) in [6.07, 6.45) is 7.89. The van der Waals surface area contributed by atoms with E-state index in [0.717, 1.165) is 12.8 Å². The number of halogens is 1. The molecule has 1 rings (SSSR count). The summed E-state index contributed by atoms with van der Waals surface area (Å²) in [6, 6.07) is 8.67. The average molecular weight is 329 g/mol. The smallest absolute Gasteiger partial charge is 0.0295 e. The van der Waals surface area contributed by atoms with Crippen molar-refractivity contribution in [2.45, 2.75) is 38.1 Å². The summed E-state index contributed by atoms with van der Waals surface area (Å²) in [5.41, 5.74) is 7.41. The van der Waals surface area contributed by atoms with E-state index in [9.17, 15) is 0 Å². The van der Waals surface area contributed by atoms with Crippen molar-refractivity contribution in [3.8, 4) is 0 Å². The molecule has 2 heteroatoms. The van der Waals surface area contributed by atoms with E-state index in [-0.39, 0.29) is 6.04 Å². The molecule has 0 fully saturated rings. The van der Waals surface area contributed by atoms with E-state index in [2.05, 4.69) is 53.4 Å². The number of rotatable bonds is 7.